The molecule has 2 saturated heterocycles. The first-order chi connectivity index (χ1) is 21.3. The van der Waals surface area contributed by atoms with E-state index in [9.17, 15) is 9.59 Å². The minimum atomic E-state index is -0.223. The van der Waals surface area contributed by atoms with E-state index in [1.165, 1.54) is 0 Å². The summed E-state index contributed by atoms with van der Waals surface area (Å²) in [7, 11) is 3.62. The highest BCUT2D eigenvalue weighted by molar-refractivity contribution is 6.00. The lowest BCUT2D eigenvalue weighted by Crippen LogP contribution is -2.40. The highest BCUT2D eigenvalue weighted by atomic mass is 16.5. The van der Waals surface area contributed by atoms with Gasteiger partial charge in [0, 0.05) is 49.3 Å². The molecule has 3 fully saturated rings. The maximum atomic E-state index is 13.8. The Bertz CT molecular complexity index is 1810. The van der Waals surface area contributed by atoms with Crippen LogP contribution in [0, 0.1) is 5.92 Å². The van der Waals surface area contributed by atoms with Crippen molar-refractivity contribution in [2.24, 2.45) is 18.7 Å². The SMILES string of the molecule is COc1cc(C(=O)N2[C@H]3CC[C@@H]2[C@H](N)C3)cc2nc(-c3cc4ccc5nc4n3CCCCO[C@H]3C[C@@H]3C(=O)N[C@@H]5C)n(C)c12. The highest BCUT2D eigenvalue weighted by Gasteiger charge is 2.47. The lowest BCUT2D eigenvalue weighted by Gasteiger charge is -2.23. The number of hydrogen-bond acceptors (Lipinski definition) is 7. The summed E-state index contributed by atoms with van der Waals surface area (Å²) < 4.78 is 16.1. The van der Waals surface area contributed by atoms with Crippen LogP contribution in [0.5, 0.6) is 5.75 Å². The maximum Gasteiger partial charge on any atom is 0.254 e. The van der Waals surface area contributed by atoms with E-state index >= 15 is 0 Å². The normalized spacial score (nSPS) is 28.4. The Hall–Kier alpha value is -3.96. The maximum absolute atomic E-state index is 13.8. The van der Waals surface area contributed by atoms with Crippen LogP contribution in [0.15, 0.2) is 30.3 Å². The van der Waals surface area contributed by atoms with Gasteiger partial charge in [-0.1, -0.05) is 0 Å². The van der Waals surface area contributed by atoms with E-state index < -0.39 is 0 Å². The number of amides is 2. The first-order valence-electron chi connectivity index (χ1n) is 15.9. The van der Waals surface area contributed by atoms with Crippen molar-refractivity contribution >= 4 is 33.9 Å². The topological polar surface area (TPSA) is 130 Å². The first kappa shape index (κ1) is 27.6. The number of nitrogens with one attached hydrogen (secondary N) is 1. The largest absolute Gasteiger partial charge is 0.494 e. The standard InChI is InChI=1S/C33H39N7O4/c1-17-23-8-6-18-13-26(39(30(18)36-23)10-4-5-11-44-27-16-21(27)32(41)35-17)31-37-24-12-19(14-28(43-3)29(24)38(31)2)33(42)40-20-7-9-25(40)22(34)15-20/h6,8,12-14,17,20-22,25,27H,4-5,7,9-11,15-16,34H2,1-3H3,(H,35,41)/t17-,20+,21+,22-,25-,27+/m1/s1. The second-order valence-corrected chi connectivity index (χ2v) is 13.0. The summed E-state index contributed by atoms with van der Waals surface area (Å²) in [5.41, 5.74) is 11.1. The second-order valence-electron chi connectivity index (χ2n) is 13.0. The zero-order chi connectivity index (χ0) is 30.3. The smallest absolute Gasteiger partial charge is 0.254 e. The predicted molar refractivity (Wildman–Crippen MR) is 165 cm³/mol. The van der Waals surface area contributed by atoms with Crippen molar-refractivity contribution in [3.8, 4) is 17.3 Å². The number of rotatable bonds is 3. The molecule has 1 aromatic carbocycles. The molecule has 3 N–H and O–H groups in total. The van der Waals surface area contributed by atoms with Gasteiger partial charge < -0.3 is 34.6 Å². The fourth-order valence-corrected chi connectivity index (χ4v) is 7.75. The van der Waals surface area contributed by atoms with E-state index in [0.29, 0.717) is 23.4 Å². The number of carbonyl (C=O) groups excluding carboxylic acids is 2. The Labute approximate surface area is 255 Å². The molecular weight excluding hydrogens is 558 g/mol. The lowest BCUT2D eigenvalue weighted by atomic mass is 9.97. The fourth-order valence-electron chi connectivity index (χ4n) is 7.75. The van der Waals surface area contributed by atoms with Crippen LogP contribution in [0.4, 0.5) is 0 Å². The summed E-state index contributed by atoms with van der Waals surface area (Å²) in [5, 5.41) is 4.14. The van der Waals surface area contributed by atoms with Crippen LogP contribution < -0.4 is 15.8 Å². The Morgan fingerprint density at radius 1 is 1.14 bits per heavy atom. The number of fused-ring (bicyclic) bond motifs is 5. The number of methoxy groups -OCH3 is 1. The van der Waals surface area contributed by atoms with Gasteiger partial charge in [-0.3, -0.25) is 9.59 Å². The molecule has 8 rings (SSSR count). The number of nitrogens with two attached hydrogens (primary N) is 1. The molecule has 4 aromatic rings. The molecular formula is C33H39N7O4. The summed E-state index contributed by atoms with van der Waals surface area (Å²) in [6.07, 6.45) is 5.41. The molecule has 2 amide bonds. The number of aromatic nitrogens is 4. The van der Waals surface area contributed by atoms with E-state index in [4.69, 9.17) is 25.2 Å². The van der Waals surface area contributed by atoms with Crippen molar-refractivity contribution in [3.63, 3.8) is 0 Å². The fraction of sp³-hybridized carbons (Fsp3) is 0.515. The van der Waals surface area contributed by atoms with Crippen LogP contribution in [0.1, 0.15) is 67.5 Å². The van der Waals surface area contributed by atoms with Gasteiger partial charge in [-0.2, -0.15) is 0 Å². The van der Waals surface area contributed by atoms with Gasteiger partial charge in [-0.15, -0.1) is 0 Å². The molecule has 3 aromatic heterocycles. The van der Waals surface area contributed by atoms with Crippen LogP contribution in [0.25, 0.3) is 33.6 Å². The van der Waals surface area contributed by atoms with Crippen LogP contribution >= 0.6 is 0 Å². The summed E-state index contributed by atoms with van der Waals surface area (Å²) in [5.74, 6) is 1.35. The van der Waals surface area contributed by atoms with Crippen LogP contribution in [-0.2, 0) is 23.1 Å². The molecule has 0 unspecified atom stereocenters. The Kier molecular flexibility index (Phi) is 6.46. The van der Waals surface area contributed by atoms with Crippen molar-refractivity contribution < 1.29 is 19.1 Å². The number of hydrogen-bond donors (Lipinski definition) is 2. The van der Waals surface area contributed by atoms with Crippen molar-refractivity contribution in [3.05, 3.63) is 41.6 Å². The zero-order valence-corrected chi connectivity index (χ0v) is 25.5. The van der Waals surface area contributed by atoms with Crippen LogP contribution in [-0.4, -0.2) is 73.8 Å². The average Bonchev–Trinajstić information content (AvgIpc) is 3.24. The third-order valence-corrected chi connectivity index (χ3v) is 10.2. The zero-order valence-electron chi connectivity index (χ0n) is 25.5. The number of pyridine rings is 1. The van der Waals surface area contributed by atoms with Crippen molar-refractivity contribution in [1.29, 1.82) is 0 Å². The van der Waals surface area contributed by atoms with Gasteiger partial charge in [-0.05, 0) is 75.8 Å². The third-order valence-electron chi connectivity index (χ3n) is 10.2. The predicted octanol–water partition coefficient (Wildman–Crippen LogP) is 3.68. The van der Waals surface area contributed by atoms with Gasteiger partial charge in [-0.25, -0.2) is 9.97 Å². The van der Waals surface area contributed by atoms with Gasteiger partial charge >= 0.3 is 0 Å². The van der Waals surface area contributed by atoms with Gasteiger partial charge in [0.25, 0.3) is 5.91 Å². The van der Waals surface area contributed by atoms with Gasteiger partial charge in [0.2, 0.25) is 5.91 Å². The molecule has 230 valence electrons. The van der Waals surface area contributed by atoms with E-state index in [1.807, 2.05) is 41.6 Å². The molecule has 3 aliphatic heterocycles. The monoisotopic (exact) mass is 597 g/mol. The van der Waals surface area contributed by atoms with E-state index in [-0.39, 0.29) is 48.0 Å². The molecule has 1 saturated carbocycles. The number of carbonyl (C=O) groups is 2. The molecule has 11 heteroatoms. The molecule has 0 radical (unpaired) electrons. The molecule has 4 aliphatic rings. The second kappa shape index (κ2) is 10.3. The lowest BCUT2D eigenvalue weighted by molar-refractivity contribution is -0.124. The Morgan fingerprint density at radius 2 is 2.00 bits per heavy atom. The van der Waals surface area contributed by atoms with Crippen molar-refractivity contribution in [1.82, 2.24) is 29.3 Å². The summed E-state index contributed by atoms with van der Waals surface area (Å²) >= 11 is 0. The number of imidazole rings is 1. The highest BCUT2D eigenvalue weighted by Crippen LogP contribution is 2.40. The molecule has 6 heterocycles. The number of benzene rings is 1. The first-order valence-corrected chi connectivity index (χ1v) is 15.9. The number of ether oxygens (including phenoxy) is 2. The Morgan fingerprint density at radius 3 is 2.77 bits per heavy atom. The summed E-state index contributed by atoms with van der Waals surface area (Å²) in [6.45, 7) is 3.35. The molecule has 4 bridgehead atoms. The summed E-state index contributed by atoms with van der Waals surface area (Å²) in [4.78, 5) is 38.7. The van der Waals surface area contributed by atoms with Gasteiger partial charge in [0.15, 0.2) is 5.82 Å². The summed E-state index contributed by atoms with van der Waals surface area (Å²) in [6, 6.07) is 10.0. The molecule has 0 spiro atoms. The molecule has 6 atom stereocenters. The molecule has 11 nitrogen and oxygen atoms in total. The molecule has 44 heavy (non-hydrogen) atoms. The minimum Gasteiger partial charge on any atom is -0.494 e. The van der Waals surface area contributed by atoms with E-state index in [0.717, 1.165) is 78.8 Å². The third kappa shape index (κ3) is 4.31. The van der Waals surface area contributed by atoms with Crippen LogP contribution in [0.2, 0.25) is 0 Å². The quantitative estimate of drug-likeness (QED) is 0.369. The van der Waals surface area contributed by atoms with Gasteiger partial charge in [0.1, 0.15) is 16.9 Å². The number of nitrogens with zero attached hydrogens (tertiary/aromatic N) is 5. The van der Waals surface area contributed by atoms with Crippen molar-refractivity contribution in [2.45, 2.75) is 82.3 Å². The van der Waals surface area contributed by atoms with E-state index in [2.05, 4.69) is 22.0 Å². The molecule has 1 aliphatic carbocycles. The number of aryl methyl sites for hydroxylation is 2. The van der Waals surface area contributed by atoms with E-state index in [1.54, 1.807) is 7.11 Å². The van der Waals surface area contributed by atoms with Crippen molar-refractivity contribution in [2.75, 3.05) is 13.7 Å². The average molecular weight is 598 g/mol. The van der Waals surface area contributed by atoms with Crippen LogP contribution in [0.3, 0.4) is 0 Å². The minimum absolute atomic E-state index is 0.00203. The Balaban J connectivity index is 1.21. The van der Waals surface area contributed by atoms with Gasteiger partial charge in [0.05, 0.1) is 42.1 Å².